The first kappa shape index (κ1) is 18.3. The van der Waals surface area contributed by atoms with Gasteiger partial charge in [-0.3, -0.25) is 9.89 Å². The number of hydrogen-bond donors (Lipinski definition) is 3. The quantitative estimate of drug-likeness (QED) is 0.725. The highest BCUT2D eigenvalue weighted by molar-refractivity contribution is 5.85. The Bertz CT molecular complexity index is 686. The summed E-state index contributed by atoms with van der Waals surface area (Å²) >= 11 is 0. The van der Waals surface area contributed by atoms with Crippen molar-refractivity contribution >= 4 is 24.0 Å². The van der Waals surface area contributed by atoms with Gasteiger partial charge < -0.3 is 15.7 Å². The summed E-state index contributed by atoms with van der Waals surface area (Å²) in [7, 11) is 0. The molecule has 2 aromatic rings. The lowest BCUT2D eigenvalue weighted by atomic mass is 10.0. The molecular formula is C17H23ClN4O2. The SMILES string of the molecule is Cc1cc(C[C@@H]2CN(C(=O)Cc3ccc(N)cc3)C[C@H]2O)n[nH]1.Cl. The Kier molecular flexibility index (Phi) is 5.85. The van der Waals surface area contributed by atoms with Crippen molar-refractivity contribution in [3.05, 3.63) is 47.3 Å². The largest absolute Gasteiger partial charge is 0.399 e. The lowest BCUT2D eigenvalue weighted by Gasteiger charge is -2.16. The number of nitrogens with zero attached hydrogens (tertiary/aromatic N) is 2. The highest BCUT2D eigenvalue weighted by Crippen LogP contribution is 2.22. The number of halogens is 1. The molecule has 0 radical (unpaired) electrons. The summed E-state index contributed by atoms with van der Waals surface area (Å²) in [5, 5.41) is 17.3. The zero-order chi connectivity index (χ0) is 16.4. The zero-order valence-corrected chi connectivity index (χ0v) is 14.4. The van der Waals surface area contributed by atoms with Crippen molar-refractivity contribution in [2.24, 2.45) is 5.92 Å². The highest BCUT2D eigenvalue weighted by Gasteiger charge is 2.34. The summed E-state index contributed by atoms with van der Waals surface area (Å²) in [6, 6.07) is 9.30. The van der Waals surface area contributed by atoms with E-state index in [1.54, 1.807) is 17.0 Å². The molecule has 1 aromatic carbocycles. The fraction of sp³-hybridized carbons (Fsp3) is 0.412. The van der Waals surface area contributed by atoms with Gasteiger partial charge in [0.25, 0.3) is 0 Å². The summed E-state index contributed by atoms with van der Waals surface area (Å²) in [4.78, 5) is 14.2. The van der Waals surface area contributed by atoms with E-state index in [1.807, 2.05) is 25.1 Å². The Morgan fingerprint density at radius 1 is 1.38 bits per heavy atom. The number of anilines is 1. The summed E-state index contributed by atoms with van der Waals surface area (Å²) in [5.41, 5.74) is 9.21. The van der Waals surface area contributed by atoms with Gasteiger partial charge in [0.1, 0.15) is 0 Å². The molecule has 1 amide bonds. The summed E-state index contributed by atoms with van der Waals surface area (Å²) in [6.07, 6.45) is 0.514. The second-order valence-corrected chi connectivity index (χ2v) is 6.29. The van der Waals surface area contributed by atoms with Crippen LogP contribution in [-0.4, -0.2) is 45.3 Å². The smallest absolute Gasteiger partial charge is 0.227 e. The first-order valence-corrected chi connectivity index (χ1v) is 7.82. The number of aryl methyl sites for hydroxylation is 1. The minimum atomic E-state index is -0.498. The van der Waals surface area contributed by atoms with Gasteiger partial charge in [0.05, 0.1) is 18.2 Å². The minimum absolute atomic E-state index is 0. The molecule has 0 spiro atoms. The highest BCUT2D eigenvalue weighted by atomic mass is 35.5. The van der Waals surface area contributed by atoms with Crippen LogP contribution in [0.5, 0.6) is 0 Å². The Morgan fingerprint density at radius 2 is 2.08 bits per heavy atom. The molecule has 130 valence electrons. The third kappa shape index (κ3) is 4.27. The molecular weight excluding hydrogens is 328 g/mol. The van der Waals surface area contributed by atoms with E-state index >= 15 is 0 Å². The molecule has 6 nitrogen and oxygen atoms in total. The predicted octanol–water partition coefficient (Wildman–Crippen LogP) is 1.33. The van der Waals surface area contributed by atoms with Crippen molar-refractivity contribution in [3.63, 3.8) is 0 Å². The van der Waals surface area contributed by atoms with Crippen LogP contribution in [0.25, 0.3) is 0 Å². The summed E-state index contributed by atoms with van der Waals surface area (Å²) in [5.74, 6) is 0.0718. The number of carbonyl (C=O) groups is 1. The number of nitrogens with two attached hydrogens (primary N) is 1. The van der Waals surface area contributed by atoms with Gasteiger partial charge in [-0.2, -0.15) is 5.10 Å². The number of nitrogens with one attached hydrogen (secondary N) is 1. The molecule has 0 unspecified atom stereocenters. The number of rotatable bonds is 4. The van der Waals surface area contributed by atoms with Gasteiger partial charge in [0, 0.05) is 30.4 Å². The average molecular weight is 351 g/mol. The number of nitrogen functional groups attached to an aromatic ring is 1. The lowest BCUT2D eigenvalue weighted by Crippen LogP contribution is -2.31. The van der Waals surface area contributed by atoms with Crippen LogP contribution in [0.15, 0.2) is 30.3 Å². The molecule has 1 aromatic heterocycles. The monoisotopic (exact) mass is 350 g/mol. The standard InChI is InChI=1S/C17H22N4O2.ClH/c1-11-6-15(20-19-11)8-13-9-21(10-16(13)22)17(23)7-12-2-4-14(18)5-3-12;/h2-6,13,16,22H,7-10,18H2,1H3,(H,19,20);1H/t13-,16-;/m1./s1. The molecule has 2 heterocycles. The summed E-state index contributed by atoms with van der Waals surface area (Å²) < 4.78 is 0. The zero-order valence-electron chi connectivity index (χ0n) is 13.6. The average Bonchev–Trinajstić information content (AvgIpc) is 3.08. The van der Waals surface area contributed by atoms with E-state index in [2.05, 4.69) is 10.2 Å². The maximum Gasteiger partial charge on any atom is 0.227 e. The van der Waals surface area contributed by atoms with E-state index in [0.29, 0.717) is 31.6 Å². The van der Waals surface area contributed by atoms with E-state index in [0.717, 1.165) is 17.0 Å². The maximum atomic E-state index is 12.4. The number of benzene rings is 1. The van der Waals surface area contributed by atoms with Crippen LogP contribution in [0.1, 0.15) is 17.0 Å². The third-order valence-corrected chi connectivity index (χ3v) is 4.32. The molecule has 1 aliphatic rings. The molecule has 1 fully saturated rings. The predicted molar refractivity (Wildman–Crippen MR) is 94.9 cm³/mol. The molecule has 2 atom stereocenters. The van der Waals surface area contributed by atoms with Crippen molar-refractivity contribution in [3.8, 4) is 0 Å². The van der Waals surface area contributed by atoms with Gasteiger partial charge >= 0.3 is 0 Å². The van der Waals surface area contributed by atoms with Crippen LogP contribution in [0, 0.1) is 12.8 Å². The second kappa shape index (κ2) is 7.68. The number of likely N-dealkylation sites (tertiary alicyclic amines) is 1. The van der Waals surface area contributed by atoms with Crippen LogP contribution >= 0.6 is 12.4 Å². The Balaban J connectivity index is 0.00000208. The molecule has 3 rings (SSSR count). The Morgan fingerprint density at radius 3 is 2.71 bits per heavy atom. The van der Waals surface area contributed by atoms with E-state index < -0.39 is 6.10 Å². The van der Waals surface area contributed by atoms with Crippen LogP contribution in [0.4, 0.5) is 5.69 Å². The number of aromatic nitrogens is 2. The third-order valence-electron chi connectivity index (χ3n) is 4.32. The molecule has 0 bridgehead atoms. The van der Waals surface area contributed by atoms with Crippen LogP contribution in [0.2, 0.25) is 0 Å². The van der Waals surface area contributed by atoms with Gasteiger partial charge in [-0.05, 0) is 37.1 Å². The van der Waals surface area contributed by atoms with E-state index in [-0.39, 0.29) is 24.2 Å². The first-order valence-electron chi connectivity index (χ1n) is 7.82. The number of aliphatic hydroxyl groups is 1. The molecule has 7 heteroatoms. The van der Waals surface area contributed by atoms with Gasteiger partial charge in [0.2, 0.25) is 5.91 Å². The van der Waals surface area contributed by atoms with Crippen molar-refractivity contribution in [2.75, 3.05) is 18.8 Å². The number of aromatic amines is 1. The molecule has 1 aliphatic heterocycles. The molecule has 0 aliphatic carbocycles. The van der Waals surface area contributed by atoms with Crippen molar-refractivity contribution in [1.29, 1.82) is 0 Å². The van der Waals surface area contributed by atoms with E-state index in [4.69, 9.17) is 5.73 Å². The molecule has 0 saturated carbocycles. The number of H-pyrrole nitrogens is 1. The number of carbonyl (C=O) groups excluding carboxylic acids is 1. The topological polar surface area (TPSA) is 95.2 Å². The van der Waals surface area contributed by atoms with Crippen molar-refractivity contribution in [2.45, 2.75) is 25.9 Å². The number of aliphatic hydroxyl groups excluding tert-OH is 1. The Hall–Kier alpha value is -2.05. The van der Waals surface area contributed by atoms with Crippen molar-refractivity contribution in [1.82, 2.24) is 15.1 Å². The number of β-amino-alcohol motifs (C(OH)–C–C–N with tert-alkyl or cyclic N) is 1. The van der Waals surface area contributed by atoms with Gasteiger partial charge in [-0.15, -0.1) is 12.4 Å². The van der Waals surface area contributed by atoms with Crippen LogP contribution < -0.4 is 5.73 Å². The van der Waals surface area contributed by atoms with E-state index in [1.165, 1.54) is 0 Å². The fourth-order valence-corrected chi connectivity index (χ4v) is 3.03. The fourth-order valence-electron chi connectivity index (χ4n) is 3.03. The summed E-state index contributed by atoms with van der Waals surface area (Å²) in [6.45, 7) is 2.91. The molecule has 24 heavy (non-hydrogen) atoms. The number of amides is 1. The van der Waals surface area contributed by atoms with Crippen molar-refractivity contribution < 1.29 is 9.90 Å². The molecule has 1 saturated heterocycles. The van der Waals surface area contributed by atoms with Gasteiger partial charge in [-0.25, -0.2) is 0 Å². The first-order chi connectivity index (χ1) is 11.0. The van der Waals surface area contributed by atoms with Crippen LogP contribution in [-0.2, 0) is 17.6 Å². The van der Waals surface area contributed by atoms with Gasteiger partial charge in [-0.1, -0.05) is 12.1 Å². The maximum absolute atomic E-state index is 12.4. The normalized spacial score (nSPS) is 20.0. The van der Waals surface area contributed by atoms with Crippen LogP contribution in [0.3, 0.4) is 0 Å². The van der Waals surface area contributed by atoms with E-state index in [9.17, 15) is 9.90 Å². The second-order valence-electron chi connectivity index (χ2n) is 6.29. The molecule has 4 N–H and O–H groups in total. The Labute approximate surface area is 147 Å². The minimum Gasteiger partial charge on any atom is -0.399 e. The lowest BCUT2D eigenvalue weighted by molar-refractivity contribution is -0.129. The van der Waals surface area contributed by atoms with Gasteiger partial charge in [0.15, 0.2) is 0 Å². The number of hydrogen-bond acceptors (Lipinski definition) is 4.